The minimum absolute atomic E-state index is 0.212. The monoisotopic (exact) mass is 465 g/mol. The number of pyridine rings is 1. The number of imidazole rings is 1. The SMILES string of the molecule is N#Cc1cc(-c2ccnc3[nH]c(-c4ccc(N5CCOCC5)cc4)nc23)ccc1OC1CCCC1. The van der Waals surface area contributed by atoms with Gasteiger partial charge in [0.05, 0.1) is 24.9 Å². The van der Waals surface area contributed by atoms with Gasteiger partial charge in [-0.2, -0.15) is 5.26 Å². The number of aromatic nitrogens is 3. The number of hydrogen-bond acceptors (Lipinski definition) is 6. The first-order valence-corrected chi connectivity index (χ1v) is 12.3. The maximum atomic E-state index is 9.77. The number of ether oxygens (including phenoxy) is 2. The number of nitriles is 1. The van der Waals surface area contributed by atoms with Crippen LogP contribution >= 0.6 is 0 Å². The van der Waals surface area contributed by atoms with Crippen molar-refractivity contribution in [3.05, 3.63) is 60.3 Å². The molecule has 7 heteroatoms. The highest BCUT2D eigenvalue weighted by molar-refractivity contribution is 5.91. The van der Waals surface area contributed by atoms with E-state index in [9.17, 15) is 5.26 Å². The van der Waals surface area contributed by atoms with Gasteiger partial charge in [-0.05, 0) is 73.7 Å². The molecule has 4 aromatic rings. The summed E-state index contributed by atoms with van der Waals surface area (Å²) in [5.41, 5.74) is 6.11. The van der Waals surface area contributed by atoms with Gasteiger partial charge in [0.25, 0.3) is 0 Å². The molecule has 0 amide bonds. The zero-order valence-corrected chi connectivity index (χ0v) is 19.5. The van der Waals surface area contributed by atoms with Crippen molar-refractivity contribution in [1.29, 1.82) is 5.26 Å². The highest BCUT2D eigenvalue weighted by Crippen LogP contribution is 2.33. The number of hydrogen-bond donors (Lipinski definition) is 1. The molecule has 0 bridgehead atoms. The predicted molar refractivity (Wildman–Crippen MR) is 135 cm³/mol. The number of benzene rings is 2. The van der Waals surface area contributed by atoms with Crippen molar-refractivity contribution < 1.29 is 9.47 Å². The summed E-state index contributed by atoms with van der Waals surface area (Å²) >= 11 is 0. The van der Waals surface area contributed by atoms with E-state index in [1.54, 1.807) is 6.20 Å². The molecule has 2 fully saturated rings. The number of nitrogens with zero attached hydrogens (tertiary/aromatic N) is 4. The number of aromatic amines is 1. The Morgan fingerprint density at radius 2 is 1.77 bits per heavy atom. The topological polar surface area (TPSA) is 87.1 Å². The van der Waals surface area contributed by atoms with Crippen LogP contribution in [0.1, 0.15) is 31.2 Å². The lowest BCUT2D eigenvalue weighted by atomic mass is 10.0. The average Bonchev–Trinajstić information content (AvgIpc) is 3.59. The summed E-state index contributed by atoms with van der Waals surface area (Å²) in [5, 5.41) is 9.77. The molecule has 1 aliphatic heterocycles. The van der Waals surface area contributed by atoms with Crippen molar-refractivity contribution in [3.63, 3.8) is 0 Å². The molecule has 1 aliphatic carbocycles. The number of H-pyrrole nitrogens is 1. The highest BCUT2D eigenvalue weighted by atomic mass is 16.5. The van der Waals surface area contributed by atoms with Crippen molar-refractivity contribution in [1.82, 2.24) is 15.0 Å². The predicted octanol–water partition coefficient (Wildman–Crippen LogP) is 5.32. The fourth-order valence-corrected chi connectivity index (χ4v) is 5.01. The lowest BCUT2D eigenvalue weighted by Crippen LogP contribution is -2.36. The van der Waals surface area contributed by atoms with Gasteiger partial charge in [0.1, 0.15) is 23.2 Å². The molecular formula is C28H27N5O2. The Labute approximate surface area is 204 Å². The van der Waals surface area contributed by atoms with Crippen molar-refractivity contribution >= 4 is 16.9 Å². The Morgan fingerprint density at radius 1 is 1.00 bits per heavy atom. The second-order valence-corrected chi connectivity index (χ2v) is 9.13. The van der Waals surface area contributed by atoms with E-state index in [0.29, 0.717) is 11.3 Å². The standard InChI is InChI=1S/C28H27N5O2/c29-18-21-17-20(7-10-25(21)35-23-3-1-2-4-23)24-11-12-30-28-26(24)31-27(32-28)19-5-8-22(9-6-19)33-13-15-34-16-14-33/h5-12,17,23H,1-4,13-16H2,(H,30,31,32). The summed E-state index contributed by atoms with van der Waals surface area (Å²) in [4.78, 5) is 15.1. The zero-order valence-electron chi connectivity index (χ0n) is 19.5. The van der Waals surface area contributed by atoms with Gasteiger partial charge in [-0.25, -0.2) is 9.97 Å². The van der Waals surface area contributed by atoms with Crippen LogP contribution in [0.15, 0.2) is 54.7 Å². The maximum Gasteiger partial charge on any atom is 0.158 e. The van der Waals surface area contributed by atoms with Crippen LogP contribution in [0.4, 0.5) is 5.69 Å². The highest BCUT2D eigenvalue weighted by Gasteiger charge is 2.19. The number of rotatable bonds is 5. The van der Waals surface area contributed by atoms with Gasteiger partial charge in [0.2, 0.25) is 0 Å². The Morgan fingerprint density at radius 3 is 2.54 bits per heavy atom. The summed E-state index contributed by atoms with van der Waals surface area (Å²) in [7, 11) is 0. The zero-order chi connectivity index (χ0) is 23.6. The Balaban J connectivity index is 1.30. The van der Waals surface area contributed by atoms with E-state index >= 15 is 0 Å². The van der Waals surface area contributed by atoms with Crippen LogP contribution in [0.3, 0.4) is 0 Å². The van der Waals surface area contributed by atoms with E-state index in [1.165, 1.54) is 18.5 Å². The molecule has 7 nitrogen and oxygen atoms in total. The van der Waals surface area contributed by atoms with Gasteiger partial charge >= 0.3 is 0 Å². The molecule has 2 aliphatic rings. The molecular weight excluding hydrogens is 438 g/mol. The normalized spacial score (nSPS) is 16.5. The number of fused-ring (bicyclic) bond motifs is 1. The molecule has 176 valence electrons. The smallest absolute Gasteiger partial charge is 0.158 e. The van der Waals surface area contributed by atoms with Gasteiger partial charge in [-0.15, -0.1) is 0 Å². The van der Waals surface area contributed by atoms with Crippen LogP contribution in [-0.2, 0) is 4.74 Å². The second-order valence-electron chi connectivity index (χ2n) is 9.13. The summed E-state index contributed by atoms with van der Waals surface area (Å²) in [5.74, 6) is 1.44. The van der Waals surface area contributed by atoms with Gasteiger partial charge in [0.15, 0.2) is 5.65 Å². The molecule has 2 aromatic carbocycles. The Kier molecular flexibility index (Phi) is 5.81. The van der Waals surface area contributed by atoms with Gasteiger partial charge in [-0.1, -0.05) is 6.07 Å². The van der Waals surface area contributed by atoms with Crippen molar-refractivity contribution in [3.8, 4) is 34.3 Å². The van der Waals surface area contributed by atoms with Gasteiger partial charge in [0, 0.05) is 36.1 Å². The number of anilines is 1. The minimum Gasteiger partial charge on any atom is -0.489 e. The molecule has 1 saturated heterocycles. The quantitative estimate of drug-likeness (QED) is 0.429. The van der Waals surface area contributed by atoms with Crippen LogP contribution < -0.4 is 9.64 Å². The first-order valence-electron chi connectivity index (χ1n) is 12.3. The van der Waals surface area contributed by atoms with E-state index in [2.05, 4.69) is 45.2 Å². The third-order valence-corrected chi connectivity index (χ3v) is 6.91. The molecule has 1 N–H and O–H groups in total. The second kappa shape index (κ2) is 9.40. The summed E-state index contributed by atoms with van der Waals surface area (Å²) in [6, 6.07) is 18.5. The summed E-state index contributed by atoms with van der Waals surface area (Å²) in [6.45, 7) is 3.35. The van der Waals surface area contributed by atoms with Gasteiger partial charge < -0.3 is 19.4 Å². The Bertz CT molecular complexity index is 1380. The fraction of sp³-hybridized carbons (Fsp3) is 0.321. The van der Waals surface area contributed by atoms with Crippen LogP contribution in [0.25, 0.3) is 33.7 Å². The van der Waals surface area contributed by atoms with E-state index in [1.807, 2.05) is 24.3 Å². The number of morpholine rings is 1. The molecule has 35 heavy (non-hydrogen) atoms. The van der Waals surface area contributed by atoms with Crippen LogP contribution in [0.2, 0.25) is 0 Å². The van der Waals surface area contributed by atoms with E-state index in [-0.39, 0.29) is 6.10 Å². The minimum atomic E-state index is 0.212. The summed E-state index contributed by atoms with van der Waals surface area (Å²) in [6.07, 6.45) is 6.48. The largest absolute Gasteiger partial charge is 0.489 e. The van der Waals surface area contributed by atoms with Crippen molar-refractivity contribution in [2.75, 3.05) is 31.2 Å². The first-order chi connectivity index (χ1) is 17.3. The molecule has 0 atom stereocenters. The van der Waals surface area contributed by atoms with Gasteiger partial charge in [-0.3, -0.25) is 0 Å². The van der Waals surface area contributed by atoms with E-state index in [4.69, 9.17) is 14.5 Å². The molecule has 0 unspecified atom stereocenters. The Hall–Kier alpha value is -3.89. The number of nitrogens with one attached hydrogen (secondary N) is 1. The molecule has 0 spiro atoms. The van der Waals surface area contributed by atoms with Crippen LogP contribution in [0.5, 0.6) is 5.75 Å². The lowest BCUT2D eigenvalue weighted by molar-refractivity contribution is 0.122. The average molecular weight is 466 g/mol. The molecule has 3 heterocycles. The van der Waals surface area contributed by atoms with E-state index in [0.717, 1.165) is 72.8 Å². The molecule has 1 saturated carbocycles. The maximum absolute atomic E-state index is 9.77. The molecule has 2 aromatic heterocycles. The van der Waals surface area contributed by atoms with Crippen molar-refractivity contribution in [2.45, 2.75) is 31.8 Å². The summed E-state index contributed by atoms with van der Waals surface area (Å²) < 4.78 is 11.6. The van der Waals surface area contributed by atoms with Crippen LogP contribution in [-0.4, -0.2) is 47.4 Å². The lowest BCUT2D eigenvalue weighted by Gasteiger charge is -2.28. The molecule has 6 rings (SSSR count). The third kappa shape index (κ3) is 4.33. The van der Waals surface area contributed by atoms with Crippen LogP contribution in [0, 0.1) is 11.3 Å². The fourth-order valence-electron chi connectivity index (χ4n) is 5.01. The third-order valence-electron chi connectivity index (χ3n) is 6.91. The first kappa shape index (κ1) is 21.6. The van der Waals surface area contributed by atoms with Crippen molar-refractivity contribution in [2.24, 2.45) is 0 Å². The van der Waals surface area contributed by atoms with E-state index < -0.39 is 0 Å². The molecule has 0 radical (unpaired) electrons.